The average molecular weight is 425 g/mol. The summed E-state index contributed by atoms with van der Waals surface area (Å²) in [6, 6.07) is 9.04. The summed E-state index contributed by atoms with van der Waals surface area (Å²) in [6.45, 7) is 3.78. The first-order valence-electron chi connectivity index (χ1n) is 7.62. The van der Waals surface area contributed by atoms with Crippen molar-refractivity contribution >= 4 is 39.1 Å². The van der Waals surface area contributed by atoms with Gasteiger partial charge in [-0.25, -0.2) is 0 Å². The highest BCUT2D eigenvalue weighted by Gasteiger charge is 2.32. The van der Waals surface area contributed by atoms with E-state index in [0.717, 1.165) is 15.8 Å². The number of carbonyl (C=O) groups is 2. The maximum absolute atomic E-state index is 11.9. The number of ether oxygens (including phenoxy) is 2. The third-order valence-corrected chi connectivity index (χ3v) is 5.15. The normalized spacial score (nSPS) is 14.4. The van der Waals surface area contributed by atoms with Crippen molar-refractivity contribution in [2.24, 2.45) is 0 Å². The quantitative estimate of drug-likeness (QED) is 0.739. The molecule has 2 heterocycles. The van der Waals surface area contributed by atoms with Gasteiger partial charge in [-0.05, 0) is 48.0 Å². The van der Waals surface area contributed by atoms with Gasteiger partial charge in [-0.2, -0.15) is 0 Å². The lowest BCUT2D eigenvalue weighted by atomic mass is 10.0. The molecule has 0 unspecified atom stereocenters. The zero-order valence-electron chi connectivity index (χ0n) is 13.7. The largest absolute Gasteiger partial charge is 0.483 e. The van der Waals surface area contributed by atoms with Crippen LogP contribution in [0, 0.1) is 0 Å². The van der Waals surface area contributed by atoms with Crippen LogP contribution in [0.2, 0.25) is 0 Å². The standard InChI is InChI=1S/C17H17BrN2O4S/c1-17(2)8-10-4-3-5-11(15(10)24-17)23-9-14(21)19-20-16(22)12-6-7-13(18)25-12/h3-7H,8-9H2,1-2H3,(H,19,21)(H,20,22). The van der Waals surface area contributed by atoms with Crippen molar-refractivity contribution in [3.05, 3.63) is 44.6 Å². The molecule has 25 heavy (non-hydrogen) atoms. The minimum atomic E-state index is -0.459. The van der Waals surface area contributed by atoms with Gasteiger partial charge in [0.15, 0.2) is 18.1 Å². The van der Waals surface area contributed by atoms with Gasteiger partial charge in [-0.3, -0.25) is 20.4 Å². The van der Waals surface area contributed by atoms with Crippen molar-refractivity contribution in [3.8, 4) is 11.5 Å². The van der Waals surface area contributed by atoms with Gasteiger partial charge in [0.05, 0.1) is 8.66 Å². The van der Waals surface area contributed by atoms with Crippen LogP contribution < -0.4 is 20.3 Å². The van der Waals surface area contributed by atoms with Gasteiger partial charge < -0.3 is 9.47 Å². The van der Waals surface area contributed by atoms with E-state index in [4.69, 9.17) is 9.47 Å². The van der Waals surface area contributed by atoms with Crippen LogP contribution in [0.25, 0.3) is 0 Å². The van der Waals surface area contributed by atoms with Crippen LogP contribution in [0.1, 0.15) is 29.1 Å². The van der Waals surface area contributed by atoms with Crippen molar-refractivity contribution < 1.29 is 19.1 Å². The Morgan fingerprint density at radius 2 is 2.08 bits per heavy atom. The zero-order chi connectivity index (χ0) is 18.0. The van der Waals surface area contributed by atoms with Crippen LogP contribution in [0.5, 0.6) is 11.5 Å². The summed E-state index contributed by atoms with van der Waals surface area (Å²) < 4.78 is 12.3. The highest BCUT2D eigenvalue weighted by Crippen LogP contribution is 2.41. The summed E-state index contributed by atoms with van der Waals surface area (Å²) in [6.07, 6.45) is 0.790. The Balaban J connectivity index is 1.52. The number of rotatable bonds is 4. The lowest BCUT2D eigenvalue weighted by Crippen LogP contribution is -2.43. The lowest BCUT2D eigenvalue weighted by molar-refractivity contribution is -0.123. The predicted molar refractivity (Wildman–Crippen MR) is 98.0 cm³/mol. The summed E-state index contributed by atoms with van der Waals surface area (Å²) in [5, 5.41) is 0. The van der Waals surface area contributed by atoms with Crippen molar-refractivity contribution in [1.82, 2.24) is 10.9 Å². The molecule has 0 atom stereocenters. The first-order valence-corrected chi connectivity index (χ1v) is 9.23. The number of nitrogens with one attached hydrogen (secondary N) is 2. The molecule has 0 spiro atoms. The monoisotopic (exact) mass is 424 g/mol. The summed E-state index contributed by atoms with van der Waals surface area (Å²) in [5.74, 6) is 0.355. The van der Waals surface area contributed by atoms with Gasteiger partial charge >= 0.3 is 0 Å². The van der Waals surface area contributed by atoms with Gasteiger partial charge in [0.25, 0.3) is 11.8 Å². The maximum atomic E-state index is 11.9. The van der Waals surface area contributed by atoms with Gasteiger partial charge in [-0.15, -0.1) is 11.3 Å². The van der Waals surface area contributed by atoms with E-state index >= 15 is 0 Å². The molecule has 1 aromatic carbocycles. The molecule has 2 N–H and O–H groups in total. The van der Waals surface area contributed by atoms with Crippen LogP contribution in [-0.2, 0) is 11.2 Å². The molecule has 0 fully saturated rings. The second-order valence-electron chi connectivity index (χ2n) is 6.18. The van der Waals surface area contributed by atoms with Gasteiger partial charge in [0.2, 0.25) is 0 Å². The van der Waals surface area contributed by atoms with Gasteiger partial charge in [0, 0.05) is 12.0 Å². The van der Waals surface area contributed by atoms with Crippen LogP contribution in [0.3, 0.4) is 0 Å². The second kappa shape index (κ2) is 7.05. The number of amides is 2. The minimum absolute atomic E-state index is 0.228. The first kappa shape index (κ1) is 17.8. The van der Waals surface area contributed by atoms with E-state index < -0.39 is 5.91 Å². The van der Waals surface area contributed by atoms with Crippen LogP contribution >= 0.6 is 27.3 Å². The van der Waals surface area contributed by atoms with Crippen LogP contribution in [-0.4, -0.2) is 24.0 Å². The molecule has 132 valence electrons. The van der Waals surface area contributed by atoms with E-state index in [1.165, 1.54) is 11.3 Å². The molecular formula is C17H17BrN2O4S. The Bertz CT molecular complexity index is 819. The number of fused-ring (bicyclic) bond motifs is 1. The second-order valence-corrected chi connectivity index (χ2v) is 8.64. The summed E-state index contributed by atoms with van der Waals surface area (Å²) in [4.78, 5) is 24.2. The lowest BCUT2D eigenvalue weighted by Gasteiger charge is -2.18. The molecule has 0 saturated carbocycles. The minimum Gasteiger partial charge on any atom is -0.483 e. The summed E-state index contributed by atoms with van der Waals surface area (Å²) in [7, 11) is 0. The Hall–Kier alpha value is -2.06. The molecule has 2 amide bonds. The average Bonchev–Trinajstić information content (AvgIpc) is 3.12. The molecule has 0 aliphatic carbocycles. The van der Waals surface area contributed by atoms with Crippen LogP contribution in [0.15, 0.2) is 34.1 Å². The number of hydrogen-bond acceptors (Lipinski definition) is 5. The third kappa shape index (κ3) is 4.32. The van der Waals surface area contributed by atoms with Crippen molar-refractivity contribution in [2.45, 2.75) is 25.9 Å². The fraction of sp³-hybridized carbons (Fsp3) is 0.294. The highest BCUT2D eigenvalue weighted by atomic mass is 79.9. The summed E-state index contributed by atoms with van der Waals surface area (Å²) >= 11 is 4.56. The molecule has 8 heteroatoms. The maximum Gasteiger partial charge on any atom is 0.279 e. The van der Waals surface area contributed by atoms with E-state index in [9.17, 15) is 9.59 Å². The Morgan fingerprint density at radius 1 is 1.28 bits per heavy atom. The number of carbonyl (C=O) groups excluding carboxylic acids is 2. The van der Waals surface area contributed by atoms with Crippen molar-refractivity contribution in [2.75, 3.05) is 6.61 Å². The predicted octanol–water partition coefficient (Wildman–Crippen LogP) is 3.06. The Labute approximate surface area is 157 Å². The number of benzene rings is 1. The first-order chi connectivity index (χ1) is 11.8. The highest BCUT2D eigenvalue weighted by molar-refractivity contribution is 9.11. The molecule has 0 saturated heterocycles. The molecule has 0 radical (unpaired) electrons. The third-order valence-electron chi connectivity index (χ3n) is 3.53. The van der Waals surface area contributed by atoms with E-state index in [1.54, 1.807) is 18.2 Å². The number of hydrogen-bond donors (Lipinski definition) is 2. The van der Waals surface area contributed by atoms with Crippen LogP contribution in [0.4, 0.5) is 0 Å². The van der Waals surface area contributed by atoms with Crippen molar-refractivity contribution in [1.29, 1.82) is 0 Å². The molecular weight excluding hydrogens is 408 g/mol. The number of thiophene rings is 1. The van der Waals surface area contributed by atoms with E-state index in [2.05, 4.69) is 26.8 Å². The zero-order valence-corrected chi connectivity index (χ0v) is 16.1. The Morgan fingerprint density at radius 3 is 2.80 bits per heavy atom. The Kier molecular flexibility index (Phi) is 5.01. The van der Waals surface area contributed by atoms with E-state index in [-0.39, 0.29) is 18.1 Å². The van der Waals surface area contributed by atoms with Gasteiger partial charge in [0.1, 0.15) is 5.60 Å². The number of hydrazine groups is 1. The van der Waals surface area contributed by atoms with E-state index in [1.807, 2.05) is 26.0 Å². The number of halogens is 1. The molecule has 2 aromatic rings. The smallest absolute Gasteiger partial charge is 0.279 e. The SMILES string of the molecule is CC1(C)Cc2cccc(OCC(=O)NNC(=O)c3ccc(Br)s3)c2O1. The van der Waals surface area contributed by atoms with E-state index in [0.29, 0.717) is 16.4 Å². The molecule has 1 aliphatic heterocycles. The fourth-order valence-corrected chi connectivity index (χ4v) is 3.79. The van der Waals surface area contributed by atoms with Gasteiger partial charge in [-0.1, -0.05) is 12.1 Å². The topological polar surface area (TPSA) is 76.7 Å². The fourth-order valence-electron chi connectivity index (χ4n) is 2.50. The molecule has 0 bridgehead atoms. The summed E-state index contributed by atoms with van der Waals surface area (Å²) in [5.41, 5.74) is 5.46. The molecule has 3 rings (SSSR count). The molecule has 1 aromatic heterocycles. The molecule has 6 nitrogen and oxygen atoms in total. The number of para-hydroxylation sites is 1. The van der Waals surface area contributed by atoms with Crippen molar-refractivity contribution in [3.63, 3.8) is 0 Å². The molecule has 1 aliphatic rings.